The number of methoxy groups -OCH3 is 1. The van der Waals surface area contributed by atoms with Crippen LogP contribution in [0.2, 0.25) is 0 Å². The van der Waals surface area contributed by atoms with E-state index in [1.807, 2.05) is 36.4 Å². The zero-order valence-electron chi connectivity index (χ0n) is 18.1. The number of hydrogen-bond donors (Lipinski definition) is 1. The third-order valence-electron chi connectivity index (χ3n) is 5.90. The van der Waals surface area contributed by atoms with Crippen molar-refractivity contribution in [1.82, 2.24) is 24.8 Å². The molecule has 1 fully saturated rings. The van der Waals surface area contributed by atoms with Crippen molar-refractivity contribution in [2.24, 2.45) is 0 Å². The molecule has 0 bridgehead atoms. The molecule has 8 heteroatoms. The highest BCUT2D eigenvalue weighted by Gasteiger charge is 2.36. The number of aromatic amines is 1. The van der Waals surface area contributed by atoms with Gasteiger partial charge in [0.15, 0.2) is 0 Å². The highest BCUT2D eigenvalue weighted by Crippen LogP contribution is 2.29. The molecule has 2 aromatic heterocycles. The van der Waals surface area contributed by atoms with E-state index in [1.165, 1.54) is 0 Å². The van der Waals surface area contributed by atoms with Gasteiger partial charge in [0.1, 0.15) is 17.6 Å². The topological polar surface area (TPSA) is 91.4 Å². The number of H-pyrrole nitrogens is 1. The maximum absolute atomic E-state index is 13.4. The standard InChI is InChI=1S/C25H23N5O3/c1-33-22-11-5-2-8-18(22)25(32)29-13-14-30(24(31)17-7-6-12-26-15-17)21(16-29)23-27-19-9-3-4-10-20(19)28-23/h2-12,15,21H,13-14,16H2,1H3,(H,27,28). The predicted octanol–water partition coefficient (Wildman–Crippen LogP) is 3.31. The molecular formula is C25H23N5O3. The molecule has 1 aliphatic rings. The van der Waals surface area contributed by atoms with E-state index in [0.717, 1.165) is 11.0 Å². The lowest BCUT2D eigenvalue weighted by Gasteiger charge is -2.40. The van der Waals surface area contributed by atoms with Gasteiger partial charge in [0.05, 0.1) is 29.3 Å². The Bertz CT molecular complexity index is 1270. The van der Waals surface area contributed by atoms with Crippen LogP contribution < -0.4 is 4.74 Å². The number of fused-ring (bicyclic) bond motifs is 1. The van der Waals surface area contributed by atoms with E-state index >= 15 is 0 Å². The number of aromatic nitrogens is 3. The summed E-state index contributed by atoms with van der Waals surface area (Å²) >= 11 is 0. The number of ether oxygens (including phenoxy) is 1. The molecule has 33 heavy (non-hydrogen) atoms. The van der Waals surface area contributed by atoms with Gasteiger partial charge in [-0.15, -0.1) is 0 Å². The van der Waals surface area contributed by atoms with Crippen LogP contribution in [0.5, 0.6) is 5.75 Å². The van der Waals surface area contributed by atoms with Gasteiger partial charge in [0.2, 0.25) is 0 Å². The molecule has 2 aromatic carbocycles. The maximum atomic E-state index is 13.4. The Morgan fingerprint density at radius 1 is 1.00 bits per heavy atom. The van der Waals surface area contributed by atoms with Crippen LogP contribution in [0.1, 0.15) is 32.6 Å². The number of imidazole rings is 1. The van der Waals surface area contributed by atoms with Gasteiger partial charge >= 0.3 is 0 Å². The molecule has 166 valence electrons. The zero-order chi connectivity index (χ0) is 22.8. The first-order valence-corrected chi connectivity index (χ1v) is 10.7. The summed E-state index contributed by atoms with van der Waals surface area (Å²) in [5.74, 6) is 0.891. The predicted molar refractivity (Wildman–Crippen MR) is 123 cm³/mol. The lowest BCUT2D eigenvalue weighted by Crippen LogP contribution is -2.52. The first-order chi connectivity index (χ1) is 16.2. The van der Waals surface area contributed by atoms with Crippen molar-refractivity contribution < 1.29 is 14.3 Å². The van der Waals surface area contributed by atoms with Crippen molar-refractivity contribution in [2.45, 2.75) is 6.04 Å². The number of amides is 2. The molecule has 5 rings (SSSR count). The summed E-state index contributed by atoms with van der Waals surface area (Å²) in [6, 6.07) is 17.9. The minimum Gasteiger partial charge on any atom is -0.496 e. The van der Waals surface area contributed by atoms with Gasteiger partial charge in [-0.25, -0.2) is 4.98 Å². The van der Waals surface area contributed by atoms with Crippen LogP contribution in [0.25, 0.3) is 11.0 Å². The fourth-order valence-corrected chi connectivity index (χ4v) is 4.22. The Kier molecular flexibility index (Phi) is 5.48. The summed E-state index contributed by atoms with van der Waals surface area (Å²) in [4.78, 5) is 42.4. The lowest BCUT2D eigenvalue weighted by molar-refractivity contribution is 0.0369. The van der Waals surface area contributed by atoms with Crippen LogP contribution in [0.4, 0.5) is 0 Å². The molecule has 3 heterocycles. The van der Waals surface area contributed by atoms with Gasteiger partial charge in [0, 0.05) is 32.0 Å². The Hall–Kier alpha value is -4.20. The molecule has 1 N–H and O–H groups in total. The van der Waals surface area contributed by atoms with E-state index in [9.17, 15) is 9.59 Å². The Labute approximate surface area is 190 Å². The van der Waals surface area contributed by atoms with Crippen LogP contribution in [0.3, 0.4) is 0 Å². The summed E-state index contributed by atoms with van der Waals surface area (Å²) < 4.78 is 5.39. The summed E-state index contributed by atoms with van der Waals surface area (Å²) in [6.07, 6.45) is 3.20. The molecule has 1 aliphatic heterocycles. The van der Waals surface area contributed by atoms with Crippen LogP contribution in [-0.2, 0) is 0 Å². The van der Waals surface area contributed by atoms with Crippen LogP contribution in [0, 0.1) is 0 Å². The molecule has 1 saturated heterocycles. The van der Waals surface area contributed by atoms with Crippen molar-refractivity contribution in [1.29, 1.82) is 0 Å². The number of rotatable bonds is 4. The number of nitrogens with one attached hydrogen (secondary N) is 1. The first kappa shape index (κ1) is 20.7. The third kappa shape index (κ3) is 3.91. The maximum Gasteiger partial charge on any atom is 0.257 e. The minimum absolute atomic E-state index is 0.137. The third-order valence-corrected chi connectivity index (χ3v) is 5.90. The quantitative estimate of drug-likeness (QED) is 0.525. The normalized spacial score (nSPS) is 16.1. The second-order valence-corrected chi connectivity index (χ2v) is 7.85. The van der Waals surface area contributed by atoms with E-state index in [0.29, 0.717) is 42.3 Å². The lowest BCUT2D eigenvalue weighted by atomic mass is 10.1. The van der Waals surface area contributed by atoms with Gasteiger partial charge in [0.25, 0.3) is 11.8 Å². The van der Waals surface area contributed by atoms with E-state index in [4.69, 9.17) is 9.72 Å². The Morgan fingerprint density at radius 2 is 1.82 bits per heavy atom. The van der Waals surface area contributed by atoms with Crippen molar-refractivity contribution in [3.8, 4) is 5.75 Å². The summed E-state index contributed by atoms with van der Waals surface area (Å²) in [6.45, 7) is 1.08. The molecule has 0 radical (unpaired) electrons. The molecule has 1 unspecified atom stereocenters. The number of piperazine rings is 1. The number of pyridine rings is 1. The largest absolute Gasteiger partial charge is 0.496 e. The monoisotopic (exact) mass is 441 g/mol. The summed E-state index contributed by atoms with van der Waals surface area (Å²) in [5, 5.41) is 0. The Balaban J connectivity index is 1.50. The average Bonchev–Trinajstić information content (AvgIpc) is 3.32. The Morgan fingerprint density at radius 3 is 2.61 bits per heavy atom. The minimum atomic E-state index is -0.433. The van der Waals surface area contributed by atoms with Crippen molar-refractivity contribution >= 4 is 22.8 Å². The fraction of sp³-hybridized carbons (Fsp3) is 0.200. The van der Waals surface area contributed by atoms with E-state index in [1.54, 1.807) is 53.6 Å². The van der Waals surface area contributed by atoms with Gasteiger partial charge in [-0.2, -0.15) is 0 Å². The van der Waals surface area contributed by atoms with Crippen molar-refractivity contribution in [2.75, 3.05) is 26.7 Å². The number of hydrogen-bond acceptors (Lipinski definition) is 5. The van der Waals surface area contributed by atoms with Crippen LogP contribution >= 0.6 is 0 Å². The van der Waals surface area contributed by atoms with Crippen LogP contribution in [0.15, 0.2) is 73.1 Å². The number of benzene rings is 2. The molecule has 8 nitrogen and oxygen atoms in total. The van der Waals surface area contributed by atoms with E-state index in [2.05, 4.69) is 9.97 Å². The van der Waals surface area contributed by atoms with Gasteiger partial charge in [-0.3, -0.25) is 14.6 Å². The molecule has 4 aromatic rings. The van der Waals surface area contributed by atoms with Crippen LogP contribution in [-0.4, -0.2) is 63.3 Å². The fourth-order valence-electron chi connectivity index (χ4n) is 4.22. The summed E-state index contributed by atoms with van der Waals surface area (Å²) in [7, 11) is 1.55. The zero-order valence-corrected chi connectivity index (χ0v) is 18.1. The van der Waals surface area contributed by atoms with Gasteiger partial charge in [-0.1, -0.05) is 24.3 Å². The molecule has 2 amide bonds. The second kappa shape index (κ2) is 8.74. The number of nitrogens with zero attached hydrogens (tertiary/aromatic N) is 4. The van der Waals surface area contributed by atoms with Crippen molar-refractivity contribution in [3.63, 3.8) is 0 Å². The highest BCUT2D eigenvalue weighted by atomic mass is 16.5. The average molecular weight is 441 g/mol. The second-order valence-electron chi connectivity index (χ2n) is 7.85. The molecular weight excluding hydrogens is 418 g/mol. The number of para-hydroxylation sites is 3. The molecule has 0 saturated carbocycles. The number of carbonyl (C=O) groups is 2. The van der Waals surface area contributed by atoms with Gasteiger partial charge < -0.3 is 19.5 Å². The molecule has 0 aliphatic carbocycles. The smallest absolute Gasteiger partial charge is 0.257 e. The van der Waals surface area contributed by atoms with E-state index < -0.39 is 6.04 Å². The summed E-state index contributed by atoms with van der Waals surface area (Å²) in [5.41, 5.74) is 2.70. The number of carbonyl (C=O) groups excluding carboxylic acids is 2. The van der Waals surface area contributed by atoms with E-state index in [-0.39, 0.29) is 11.8 Å². The molecule has 0 spiro atoms. The SMILES string of the molecule is COc1ccccc1C(=O)N1CCN(C(=O)c2cccnc2)C(c2nc3ccccc3[nH]2)C1. The van der Waals surface area contributed by atoms with Crippen molar-refractivity contribution in [3.05, 3.63) is 90.0 Å². The van der Waals surface area contributed by atoms with Gasteiger partial charge in [-0.05, 0) is 36.4 Å². The first-order valence-electron chi connectivity index (χ1n) is 10.7. The molecule has 1 atom stereocenters. The highest BCUT2D eigenvalue weighted by molar-refractivity contribution is 5.98.